The second-order valence-electron chi connectivity index (χ2n) is 5.00. The maximum atomic E-state index is 11.9. The molecule has 1 aromatic rings. The highest BCUT2D eigenvalue weighted by Gasteiger charge is 2.20. The molecule has 0 atom stereocenters. The van der Waals surface area contributed by atoms with Gasteiger partial charge in [-0.1, -0.05) is 36.3 Å². The zero-order chi connectivity index (χ0) is 14.4. The quantitative estimate of drug-likeness (QED) is 0.647. The van der Waals surface area contributed by atoms with E-state index in [1.807, 2.05) is 0 Å². The molecule has 1 aromatic carbocycles. The topological polar surface area (TPSA) is 49.3 Å². The molecule has 1 aliphatic rings. The van der Waals surface area contributed by atoms with Gasteiger partial charge < -0.3 is 10.4 Å². The molecule has 0 spiro atoms. The summed E-state index contributed by atoms with van der Waals surface area (Å²) < 4.78 is 0. The van der Waals surface area contributed by atoms with Crippen LogP contribution >= 0.6 is 11.6 Å². The van der Waals surface area contributed by atoms with Crippen molar-refractivity contribution in [3.63, 3.8) is 0 Å². The van der Waals surface area contributed by atoms with Crippen LogP contribution in [0.1, 0.15) is 41.6 Å². The Morgan fingerprint density at radius 3 is 2.90 bits per heavy atom. The lowest BCUT2D eigenvalue weighted by Crippen LogP contribution is -2.24. The molecule has 0 heterocycles. The molecule has 3 nitrogen and oxygen atoms in total. The number of hydrogen-bond donors (Lipinski definition) is 2. The summed E-state index contributed by atoms with van der Waals surface area (Å²) in [6.45, 7) is 0.499. The lowest BCUT2D eigenvalue weighted by molar-refractivity contribution is 0.0953. The van der Waals surface area contributed by atoms with Gasteiger partial charge in [-0.15, -0.1) is 0 Å². The molecule has 1 amide bonds. The summed E-state index contributed by atoms with van der Waals surface area (Å²) in [5, 5.41) is 12.0. The minimum Gasteiger partial charge on any atom is -0.384 e. The number of amides is 1. The van der Waals surface area contributed by atoms with E-state index in [0.29, 0.717) is 22.7 Å². The van der Waals surface area contributed by atoms with Crippen LogP contribution in [0.15, 0.2) is 18.2 Å². The maximum Gasteiger partial charge on any atom is 0.251 e. The van der Waals surface area contributed by atoms with E-state index in [9.17, 15) is 4.79 Å². The molecule has 0 saturated heterocycles. The molecular formula is C16H18ClNO2. The van der Waals surface area contributed by atoms with Crippen LogP contribution in [0.5, 0.6) is 0 Å². The van der Waals surface area contributed by atoms with Crippen molar-refractivity contribution in [2.75, 3.05) is 13.2 Å². The number of rotatable bonds is 5. The minimum atomic E-state index is -0.209. The van der Waals surface area contributed by atoms with Gasteiger partial charge in [-0.05, 0) is 37.0 Å². The average Bonchev–Trinajstić information content (AvgIpc) is 3.26. The van der Waals surface area contributed by atoms with E-state index >= 15 is 0 Å². The van der Waals surface area contributed by atoms with Crippen LogP contribution in [-0.4, -0.2) is 24.2 Å². The van der Waals surface area contributed by atoms with E-state index in [-0.39, 0.29) is 12.5 Å². The molecule has 0 unspecified atom stereocenters. The van der Waals surface area contributed by atoms with Gasteiger partial charge in [0.05, 0.1) is 5.02 Å². The van der Waals surface area contributed by atoms with Crippen molar-refractivity contribution in [3.8, 4) is 11.8 Å². The van der Waals surface area contributed by atoms with Crippen molar-refractivity contribution >= 4 is 17.5 Å². The largest absolute Gasteiger partial charge is 0.384 e. The summed E-state index contributed by atoms with van der Waals surface area (Å²) in [5.41, 5.74) is 1.15. The van der Waals surface area contributed by atoms with Crippen LogP contribution in [0, 0.1) is 17.8 Å². The van der Waals surface area contributed by atoms with Crippen molar-refractivity contribution in [2.24, 2.45) is 5.92 Å². The van der Waals surface area contributed by atoms with Crippen LogP contribution < -0.4 is 5.32 Å². The molecule has 0 radical (unpaired) electrons. The molecular weight excluding hydrogens is 274 g/mol. The van der Waals surface area contributed by atoms with Crippen molar-refractivity contribution in [3.05, 3.63) is 34.3 Å². The lowest BCUT2D eigenvalue weighted by atomic mass is 10.1. The van der Waals surface area contributed by atoms with Crippen molar-refractivity contribution < 1.29 is 9.90 Å². The number of hydrogen-bond acceptors (Lipinski definition) is 2. The third-order valence-corrected chi connectivity index (χ3v) is 3.62. The highest BCUT2D eigenvalue weighted by Crippen LogP contribution is 2.33. The fourth-order valence-corrected chi connectivity index (χ4v) is 2.22. The van der Waals surface area contributed by atoms with E-state index in [0.717, 1.165) is 12.3 Å². The fraction of sp³-hybridized carbons (Fsp3) is 0.438. The normalized spacial score (nSPS) is 13.5. The number of nitrogens with one attached hydrogen (secondary N) is 1. The zero-order valence-corrected chi connectivity index (χ0v) is 12.0. The van der Waals surface area contributed by atoms with Crippen LogP contribution in [0.2, 0.25) is 5.02 Å². The van der Waals surface area contributed by atoms with E-state index in [1.54, 1.807) is 18.2 Å². The highest BCUT2D eigenvalue weighted by atomic mass is 35.5. The van der Waals surface area contributed by atoms with Crippen LogP contribution in [0.4, 0.5) is 0 Å². The summed E-state index contributed by atoms with van der Waals surface area (Å²) in [4.78, 5) is 11.9. The van der Waals surface area contributed by atoms with Gasteiger partial charge in [-0.3, -0.25) is 4.79 Å². The zero-order valence-electron chi connectivity index (χ0n) is 11.3. The Bertz CT molecular complexity index is 541. The van der Waals surface area contributed by atoms with Gasteiger partial charge in [0.25, 0.3) is 5.91 Å². The molecule has 20 heavy (non-hydrogen) atoms. The predicted octanol–water partition coefficient (Wildman–Crippen LogP) is 2.60. The first kappa shape index (κ1) is 14.9. The second kappa shape index (κ2) is 7.33. The molecule has 4 heteroatoms. The van der Waals surface area contributed by atoms with Gasteiger partial charge in [0, 0.05) is 17.7 Å². The molecule has 0 aliphatic heterocycles. The number of aliphatic hydroxyl groups is 1. The van der Waals surface area contributed by atoms with Gasteiger partial charge in [0.2, 0.25) is 0 Å². The maximum absolute atomic E-state index is 11.9. The third-order valence-electron chi connectivity index (χ3n) is 3.31. The number of halogens is 1. The number of benzene rings is 1. The standard InChI is InChI=1S/C16H18ClNO2/c17-15-11-14(8-7-13(15)4-2-10-19)16(20)18-9-1-3-12-5-6-12/h7-8,11-12,19H,1,3,5-6,9-10H2,(H,18,20). The van der Waals surface area contributed by atoms with Crippen LogP contribution in [-0.2, 0) is 0 Å². The van der Waals surface area contributed by atoms with Gasteiger partial charge in [0.15, 0.2) is 0 Å². The summed E-state index contributed by atoms with van der Waals surface area (Å²) in [6.07, 6.45) is 4.93. The molecule has 106 valence electrons. The van der Waals surface area contributed by atoms with E-state index in [1.165, 1.54) is 19.3 Å². The summed E-state index contributed by atoms with van der Waals surface area (Å²) >= 11 is 6.06. The minimum absolute atomic E-state index is 0.107. The Labute approximate surface area is 124 Å². The molecule has 2 rings (SSSR count). The van der Waals surface area contributed by atoms with Gasteiger partial charge in [0.1, 0.15) is 6.61 Å². The van der Waals surface area contributed by atoms with E-state index < -0.39 is 0 Å². The first-order valence-electron chi connectivity index (χ1n) is 6.88. The molecule has 0 bridgehead atoms. The molecule has 0 aromatic heterocycles. The molecule has 1 saturated carbocycles. The highest BCUT2D eigenvalue weighted by molar-refractivity contribution is 6.32. The lowest BCUT2D eigenvalue weighted by Gasteiger charge is -2.06. The van der Waals surface area contributed by atoms with Crippen molar-refractivity contribution in [2.45, 2.75) is 25.7 Å². The van der Waals surface area contributed by atoms with Crippen molar-refractivity contribution in [1.82, 2.24) is 5.32 Å². The number of carbonyl (C=O) groups is 1. The fourth-order valence-electron chi connectivity index (χ4n) is 1.99. The Kier molecular flexibility index (Phi) is 5.46. The van der Waals surface area contributed by atoms with Crippen LogP contribution in [0.25, 0.3) is 0 Å². The molecule has 1 aliphatic carbocycles. The van der Waals surface area contributed by atoms with Gasteiger partial charge in [-0.25, -0.2) is 0 Å². The van der Waals surface area contributed by atoms with Gasteiger partial charge >= 0.3 is 0 Å². The van der Waals surface area contributed by atoms with Crippen LogP contribution in [0.3, 0.4) is 0 Å². The summed E-state index contributed by atoms with van der Waals surface area (Å²) in [6, 6.07) is 5.01. The molecule has 2 N–H and O–H groups in total. The Balaban J connectivity index is 1.87. The summed E-state index contributed by atoms with van der Waals surface area (Å²) in [5.74, 6) is 6.06. The second-order valence-corrected chi connectivity index (χ2v) is 5.40. The van der Waals surface area contributed by atoms with Crippen molar-refractivity contribution in [1.29, 1.82) is 0 Å². The Hall–Kier alpha value is -1.50. The first-order valence-corrected chi connectivity index (χ1v) is 7.26. The van der Waals surface area contributed by atoms with E-state index in [4.69, 9.17) is 16.7 Å². The summed E-state index contributed by atoms with van der Waals surface area (Å²) in [7, 11) is 0. The molecule has 1 fully saturated rings. The number of aliphatic hydroxyl groups excluding tert-OH is 1. The first-order chi connectivity index (χ1) is 9.70. The Morgan fingerprint density at radius 2 is 2.25 bits per heavy atom. The predicted molar refractivity (Wildman–Crippen MR) is 79.7 cm³/mol. The average molecular weight is 292 g/mol. The monoisotopic (exact) mass is 291 g/mol. The van der Waals surface area contributed by atoms with Gasteiger partial charge in [-0.2, -0.15) is 0 Å². The number of carbonyl (C=O) groups excluding carboxylic acids is 1. The SMILES string of the molecule is O=C(NCCCC1CC1)c1ccc(C#CCO)c(Cl)c1. The third kappa shape index (κ3) is 4.56. The smallest absolute Gasteiger partial charge is 0.251 e. The van der Waals surface area contributed by atoms with E-state index in [2.05, 4.69) is 17.2 Å². The Morgan fingerprint density at radius 1 is 1.45 bits per heavy atom.